The minimum Gasteiger partial charge on any atom is -0.300 e. The minimum atomic E-state index is -3.62. The van der Waals surface area contributed by atoms with E-state index in [0.29, 0.717) is 35.9 Å². The molecule has 4 saturated carbocycles. The SMILES string of the molecule is CC(=O)[C@H]1CC[C@H]2[C@@H]3CC[C@H]4CCCC(S(=O)(=O)c5ccc([N+](=O)[O-])cc5)[C@]4(C)[C@H]3CC[C@]12C. The van der Waals surface area contributed by atoms with Gasteiger partial charge in [-0.15, -0.1) is 0 Å². The van der Waals surface area contributed by atoms with Gasteiger partial charge in [-0.25, -0.2) is 8.42 Å². The molecular formula is C27H37NO5S. The van der Waals surface area contributed by atoms with Gasteiger partial charge in [-0.05, 0) is 105 Å². The second-order valence-electron chi connectivity index (χ2n) is 12.0. The smallest absolute Gasteiger partial charge is 0.269 e. The zero-order valence-electron chi connectivity index (χ0n) is 20.5. The Balaban J connectivity index is 1.51. The second-order valence-corrected chi connectivity index (χ2v) is 14.1. The van der Waals surface area contributed by atoms with Crippen molar-refractivity contribution in [3.63, 3.8) is 0 Å². The number of nitrogens with zero attached hydrogens (tertiary/aromatic N) is 1. The molecule has 4 aliphatic carbocycles. The summed E-state index contributed by atoms with van der Waals surface area (Å²) in [6.07, 6.45) is 8.96. The highest BCUT2D eigenvalue weighted by Gasteiger charge is 2.63. The lowest BCUT2D eigenvalue weighted by molar-refractivity contribution is -0.384. The third-order valence-corrected chi connectivity index (χ3v) is 13.3. The summed E-state index contributed by atoms with van der Waals surface area (Å²) in [6, 6.07) is 5.47. The molecule has 0 spiro atoms. The lowest BCUT2D eigenvalue weighted by Gasteiger charge is -2.62. The van der Waals surface area contributed by atoms with Crippen LogP contribution in [0.5, 0.6) is 0 Å². The molecule has 0 aliphatic heterocycles. The number of carbonyl (C=O) groups excluding carboxylic acids is 1. The second kappa shape index (κ2) is 8.14. The first-order valence-electron chi connectivity index (χ1n) is 13.0. The lowest BCUT2D eigenvalue weighted by atomic mass is 9.44. The van der Waals surface area contributed by atoms with Crippen LogP contribution in [0.4, 0.5) is 5.69 Å². The van der Waals surface area contributed by atoms with Gasteiger partial charge in [-0.1, -0.05) is 20.3 Å². The molecule has 1 aromatic carbocycles. The fraction of sp³-hybridized carbons (Fsp3) is 0.741. The number of Topliss-reactive ketones (excluding diaryl/α,β-unsaturated/α-hetero) is 1. The molecule has 0 aromatic heterocycles. The Morgan fingerprint density at radius 3 is 2.32 bits per heavy atom. The van der Waals surface area contributed by atoms with E-state index in [1.54, 1.807) is 6.92 Å². The number of hydrogen-bond donors (Lipinski definition) is 0. The largest absolute Gasteiger partial charge is 0.300 e. The zero-order chi connectivity index (χ0) is 24.5. The Kier molecular flexibility index (Phi) is 5.74. The monoisotopic (exact) mass is 487 g/mol. The van der Waals surface area contributed by atoms with Crippen molar-refractivity contribution in [1.82, 2.24) is 0 Å². The maximum Gasteiger partial charge on any atom is 0.269 e. The molecule has 0 heterocycles. The Morgan fingerprint density at radius 1 is 0.971 bits per heavy atom. The van der Waals surface area contributed by atoms with Gasteiger partial charge in [0, 0.05) is 18.1 Å². The minimum absolute atomic E-state index is 0.0532. The van der Waals surface area contributed by atoms with Gasteiger partial charge in [-0.2, -0.15) is 0 Å². The highest BCUT2D eigenvalue weighted by molar-refractivity contribution is 7.92. The van der Waals surface area contributed by atoms with E-state index in [4.69, 9.17) is 0 Å². The molecule has 1 unspecified atom stereocenters. The molecule has 4 fully saturated rings. The van der Waals surface area contributed by atoms with Crippen molar-refractivity contribution in [2.45, 2.75) is 88.7 Å². The van der Waals surface area contributed by atoms with Crippen molar-refractivity contribution < 1.29 is 18.1 Å². The molecule has 0 radical (unpaired) electrons. The first-order chi connectivity index (χ1) is 16.0. The van der Waals surface area contributed by atoms with E-state index in [2.05, 4.69) is 13.8 Å². The zero-order valence-corrected chi connectivity index (χ0v) is 21.4. The summed E-state index contributed by atoms with van der Waals surface area (Å²) in [5.74, 6) is 2.21. The Morgan fingerprint density at radius 2 is 1.68 bits per heavy atom. The normalized spacial score (nSPS) is 41.7. The van der Waals surface area contributed by atoms with E-state index in [-0.39, 0.29) is 27.3 Å². The van der Waals surface area contributed by atoms with E-state index >= 15 is 0 Å². The van der Waals surface area contributed by atoms with E-state index < -0.39 is 20.0 Å². The summed E-state index contributed by atoms with van der Waals surface area (Å²) < 4.78 is 28.0. The molecule has 186 valence electrons. The van der Waals surface area contributed by atoms with Crippen LogP contribution in [0.1, 0.15) is 78.6 Å². The number of sulfone groups is 1. The van der Waals surface area contributed by atoms with Crippen LogP contribution >= 0.6 is 0 Å². The summed E-state index contributed by atoms with van der Waals surface area (Å²) in [4.78, 5) is 23.2. The summed E-state index contributed by atoms with van der Waals surface area (Å²) >= 11 is 0. The number of nitro groups is 1. The van der Waals surface area contributed by atoms with Crippen LogP contribution in [0.3, 0.4) is 0 Å². The molecule has 0 saturated heterocycles. The fourth-order valence-electron chi connectivity index (χ4n) is 9.37. The molecule has 6 nitrogen and oxygen atoms in total. The predicted octanol–water partition coefficient (Wildman–Crippen LogP) is 5.99. The first-order valence-corrected chi connectivity index (χ1v) is 14.5. The van der Waals surface area contributed by atoms with Gasteiger partial charge < -0.3 is 0 Å². The fourth-order valence-corrected chi connectivity index (χ4v) is 11.7. The van der Waals surface area contributed by atoms with Gasteiger partial charge in [-0.3, -0.25) is 14.9 Å². The number of nitro benzene ring substituents is 1. The van der Waals surface area contributed by atoms with Crippen molar-refractivity contribution >= 4 is 21.3 Å². The molecule has 0 N–H and O–H groups in total. The number of non-ortho nitro benzene ring substituents is 1. The number of hydrogen-bond acceptors (Lipinski definition) is 5. The quantitative estimate of drug-likeness (QED) is 0.384. The molecule has 5 rings (SSSR count). The molecular weight excluding hydrogens is 450 g/mol. The molecule has 34 heavy (non-hydrogen) atoms. The van der Waals surface area contributed by atoms with Crippen LogP contribution in [0, 0.1) is 50.5 Å². The van der Waals surface area contributed by atoms with E-state index in [9.17, 15) is 23.3 Å². The van der Waals surface area contributed by atoms with Gasteiger partial charge in [0.1, 0.15) is 5.78 Å². The molecule has 8 atom stereocenters. The standard InChI is InChI=1S/C27H37NO5S/c1-17(29)22-13-14-23-21-12-7-18-5-4-6-25(27(18,3)24(21)15-16-26(22,23)2)34(32,33)20-10-8-19(9-11-20)28(30)31/h8-11,18,21-25H,4-7,12-16H2,1-3H3/t18-,21+,22-,23+,24+,25?,26-,27+/m1/s1. The lowest BCUT2D eigenvalue weighted by Crippen LogP contribution is -2.59. The molecule has 4 aliphatic rings. The van der Waals surface area contributed by atoms with Crippen molar-refractivity contribution in [2.75, 3.05) is 0 Å². The summed E-state index contributed by atoms with van der Waals surface area (Å²) in [7, 11) is -3.62. The molecule has 0 amide bonds. The van der Waals surface area contributed by atoms with E-state index in [0.717, 1.165) is 51.4 Å². The topological polar surface area (TPSA) is 94.3 Å². The van der Waals surface area contributed by atoms with Gasteiger partial charge in [0.15, 0.2) is 9.84 Å². The van der Waals surface area contributed by atoms with Crippen LogP contribution in [-0.4, -0.2) is 24.4 Å². The number of fused-ring (bicyclic) bond motifs is 5. The van der Waals surface area contributed by atoms with Crippen LogP contribution in [-0.2, 0) is 14.6 Å². The predicted molar refractivity (Wildman–Crippen MR) is 130 cm³/mol. The van der Waals surface area contributed by atoms with Crippen molar-refractivity contribution in [3.05, 3.63) is 34.4 Å². The van der Waals surface area contributed by atoms with Crippen molar-refractivity contribution in [2.24, 2.45) is 40.4 Å². The maximum atomic E-state index is 14.0. The van der Waals surface area contributed by atoms with Gasteiger partial charge in [0.25, 0.3) is 5.69 Å². The summed E-state index contributed by atoms with van der Waals surface area (Å²) in [5, 5.41) is 10.6. The molecule has 1 aromatic rings. The molecule has 0 bridgehead atoms. The average molecular weight is 488 g/mol. The number of benzene rings is 1. The van der Waals surface area contributed by atoms with Crippen LogP contribution in [0.2, 0.25) is 0 Å². The number of rotatable bonds is 4. The van der Waals surface area contributed by atoms with Crippen molar-refractivity contribution in [1.29, 1.82) is 0 Å². The Labute approximate surface area is 203 Å². The highest BCUT2D eigenvalue weighted by Crippen LogP contribution is 2.68. The van der Waals surface area contributed by atoms with Crippen molar-refractivity contribution in [3.8, 4) is 0 Å². The van der Waals surface area contributed by atoms with E-state index in [1.807, 2.05) is 0 Å². The van der Waals surface area contributed by atoms with Crippen LogP contribution in [0.25, 0.3) is 0 Å². The number of ketones is 1. The van der Waals surface area contributed by atoms with Gasteiger partial charge >= 0.3 is 0 Å². The van der Waals surface area contributed by atoms with Gasteiger partial charge in [0.05, 0.1) is 15.1 Å². The Hall–Kier alpha value is -1.76. The van der Waals surface area contributed by atoms with E-state index in [1.165, 1.54) is 24.3 Å². The maximum absolute atomic E-state index is 14.0. The molecule has 7 heteroatoms. The highest BCUT2D eigenvalue weighted by atomic mass is 32.2. The number of carbonyl (C=O) groups is 1. The van der Waals surface area contributed by atoms with Crippen LogP contribution < -0.4 is 0 Å². The third kappa shape index (κ3) is 3.32. The summed E-state index contributed by atoms with van der Waals surface area (Å²) in [6.45, 7) is 6.32. The Bertz CT molecular complexity index is 1100. The van der Waals surface area contributed by atoms with Crippen LogP contribution in [0.15, 0.2) is 29.2 Å². The summed E-state index contributed by atoms with van der Waals surface area (Å²) in [5.41, 5.74) is -0.327. The average Bonchev–Trinajstić information content (AvgIpc) is 3.16. The third-order valence-electron chi connectivity index (χ3n) is 10.9. The van der Waals surface area contributed by atoms with Gasteiger partial charge in [0.2, 0.25) is 0 Å². The first kappa shape index (κ1) is 24.0.